The second kappa shape index (κ2) is 6.47. The highest BCUT2D eigenvalue weighted by molar-refractivity contribution is 5.72. The van der Waals surface area contributed by atoms with Gasteiger partial charge in [-0.05, 0) is 39.3 Å². The van der Waals surface area contributed by atoms with E-state index in [0.717, 1.165) is 6.07 Å². The summed E-state index contributed by atoms with van der Waals surface area (Å²) >= 11 is 0. The van der Waals surface area contributed by atoms with Gasteiger partial charge >= 0.3 is 12.1 Å². The summed E-state index contributed by atoms with van der Waals surface area (Å²) in [6.07, 6.45) is -4.42. The molecular weight excluding hydrogens is 283 g/mol. The monoisotopic (exact) mass is 303 g/mol. The fourth-order valence-corrected chi connectivity index (χ4v) is 1.86. The van der Waals surface area contributed by atoms with E-state index in [1.54, 1.807) is 27.7 Å². The minimum Gasteiger partial charge on any atom is -0.459 e. The Bertz CT molecular complexity index is 492. The highest BCUT2D eigenvalue weighted by Gasteiger charge is 2.34. The Kier molecular flexibility index (Phi) is 5.39. The van der Waals surface area contributed by atoms with E-state index in [4.69, 9.17) is 4.74 Å². The van der Waals surface area contributed by atoms with E-state index in [1.807, 2.05) is 0 Å². The fraction of sp³-hybridized carbons (Fsp3) is 0.533. The van der Waals surface area contributed by atoms with Crippen LogP contribution >= 0.6 is 0 Å². The topological polar surface area (TPSA) is 38.3 Å². The van der Waals surface area contributed by atoms with Crippen molar-refractivity contribution in [1.82, 2.24) is 5.32 Å². The van der Waals surface area contributed by atoms with Crippen LogP contribution in [0, 0.1) is 0 Å². The molecule has 0 radical (unpaired) electrons. The summed E-state index contributed by atoms with van der Waals surface area (Å²) in [6, 6.07) is 4.69. The molecule has 1 atom stereocenters. The van der Waals surface area contributed by atoms with Gasteiger partial charge in [-0.2, -0.15) is 13.2 Å². The molecule has 1 aromatic rings. The third kappa shape index (κ3) is 5.75. The largest absolute Gasteiger partial charge is 0.459 e. The van der Waals surface area contributed by atoms with E-state index in [2.05, 4.69) is 5.32 Å². The van der Waals surface area contributed by atoms with E-state index >= 15 is 0 Å². The van der Waals surface area contributed by atoms with Crippen molar-refractivity contribution in [3.8, 4) is 0 Å². The van der Waals surface area contributed by atoms with Crippen LogP contribution in [-0.2, 0) is 15.7 Å². The molecule has 0 amide bonds. The van der Waals surface area contributed by atoms with Crippen molar-refractivity contribution in [2.45, 2.75) is 45.5 Å². The summed E-state index contributed by atoms with van der Waals surface area (Å²) in [4.78, 5) is 11.6. The van der Waals surface area contributed by atoms with Crippen LogP contribution < -0.4 is 5.32 Å². The van der Waals surface area contributed by atoms with Crippen LogP contribution in [0.25, 0.3) is 0 Å². The van der Waals surface area contributed by atoms with Gasteiger partial charge < -0.3 is 10.1 Å². The first-order valence-corrected chi connectivity index (χ1v) is 6.62. The third-order valence-electron chi connectivity index (χ3n) is 2.71. The summed E-state index contributed by atoms with van der Waals surface area (Å²) < 4.78 is 43.8. The molecule has 0 saturated carbocycles. The van der Waals surface area contributed by atoms with Gasteiger partial charge in [-0.25, -0.2) is 0 Å². The van der Waals surface area contributed by atoms with Crippen LogP contribution in [0.5, 0.6) is 0 Å². The molecule has 3 nitrogen and oxygen atoms in total. The van der Waals surface area contributed by atoms with Crippen molar-refractivity contribution in [3.05, 3.63) is 35.4 Å². The Morgan fingerprint density at radius 1 is 1.24 bits per heavy atom. The molecule has 0 heterocycles. The highest BCUT2D eigenvalue weighted by atomic mass is 19.4. The number of halogens is 3. The smallest absolute Gasteiger partial charge is 0.416 e. The predicted molar refractivity (Wildman–Crippen MR) is 73.7 cm³/mol. The van der Waals surface area contributed by atoms with Gasteiger partial charge in [0, 0.05) is 6.04 Å². The predicted octanol–water partition coefficient (Wildman–Crippen LogP) is 3.70. The maximum absolute atomic E-state index is 12.9. The number of esters is 1. The second-order valence-electron chi connectivity index (χ2n) is 5.77. The van der Waals surface area contributed by atoms with Crippen molar-refractivity contribution >= 4 is 5.97 Å². The molecule has 1 aromatic carbocycles. The van der Waals surface area contributed by atoms with E-state index in [9.17, 15) is 18.0 Å². The molecule has 1 unspecified atom stereocenters. The van der Waals surface area contributed by atoms with E-state index in [-0.39, 0.29) is 12.1 Å². The highest BCUT2D eigenvalue weighted by Crippen LogP contribution is 2.34. The van der Waals surface area contributed by atoms with Gasteiger partial charge in [-0.15, -0.1) is 0 Å². The van der Waals surface area contributed by atoms with Gasteiger partial charge in [0.15, 0.2) is 0 Å². The van der Waals surface area contributed by atoms with E-state index in [0.29, 0.717) is 0 Å². The van der Waals surface area contributed by atoms with Gasteiger partial charge in [0.2, 0.25) is 0 Å². The summed E-state index contributed by atoms with van der Waals surface area (Å²) in [5.41, 5.74) is -1.21. The lowest BCUT2D eigenvalue weighted by atomic mass is 10.0. The molecule has 0 spiro atoms. The lowest BCUT2D eigenvalue weighted by Gasteiger charge is -2.22. The van der Waals surface area contributed by atoms with Gasteiger partial charge in [0.05, 0.1) is 12.1 Å². The number of rotatable bonds is 4. The zero-order chi connectivity index (χ0) is 16.3. The average Bonchev–Trinajstić information content (AvgIpc) is 2.33. The zero-order valence-electron chi connectivity index (χ0n) is 12.5. The first kappa shape index (κ1) is 17.5. The number of benzene rings is 1. The van der Waals surface area contributed by atoms with Crippen LogP contribution in [0.2, 0.25) is 0 Å². The lowest BCUT2D eigenvalue weighted by molar-refractivity contribution is -0.153. The molecule has 0 aromatic heterocycles. The zero-order valence-corrected chi connectivity index (χ0v) is 12.5. The van der Waals surface area contributed by atoms with Gasteiger partial charge in [0.25, 0.3) is 0 Å². The number of carbonyl (C=O) groups is 1. The number of alkyl halides is 3. The number of hydrogen-bond donors (Lipinski definition) is 1. The van der Waals surface area contributed by atoms with Crippen molar-refractivity contribution in [2.75, 3.05) is 6.54 Å². The standard InChI is InChI=1S/C15H20F3NO2/c1-10(19-9-13(20)21-14(2,3)4)11-7-5-6-8-12(11)15(16,17)18/h5-8,10,19H,9H2,1-4H3. The molecule has 0 fully saturated rings. The minimum atomic E-state index is -4.42. The molecule has 21 heavy (non-hydrogen) atoms. The van der Waals surface area contributed by atoms with Crippen molar-refractivity contribution in [3.63, 3.8) is 0 Å². The molecule has 6 heteroatoms. The molecule has 0 bridgehead atoms. The van der Waals surface area contributed by atoms with Gasteiger partial charge in [0.1, 0.15) is 5.60 Å². The SMILES string of the molecule is CC(NCC(=O)OC(C)(C)C)c1ccccc1C(F)(F)F. The van der Waals surface area contributed by atoms with Crippen LogP contribution in [0.1, 0.15) is 44.9 Å². The number of carbonyl (C=O) groups excluding carboxylic acids is 1. The first-order chi connectivity index (χ1) is 9.50. The van der Waals surface area contributed by atoms with E-state index in [1.165, 1.54) is 18.2 Å². The third-order valence-corrected chi connectivity index (χ3v) is 2.71. The Morgan fingerprint density at radius 3 is 2.33 bits per heavy atom. The number of hydrogen-bond acceptors (Lipinski definition) is 3. The maximum Gasteiger partial charge on any atom is 0.416 e. The minimum absolute atomic E-state index is 0.105. The first-order valence-electron chi connectivity index (χ1n) is 6.62. The molecular formula is C15H20F3NO2. The van der Waals surface area contributed by atoms with Crippen LogP contribution in [0.3, 0.4) is 0 Å². The summed E-state index contributed by atoms with van der Waals surface area (Å²) in [5, 5.41) is 2.76. The number of nitrogens with one attached hydrogen (secondary N) is 1. The molecule has 1 rings (SSSR count). The fourth-order valence-electron chi connectivity index (χ4n) is 1.86. The summed E-state index contributed by atoms with van der Waals surface area (Å²) in [6.45, 7) is 6.62. The van der Waals surface area contributed by atoms with E-state index < -0.39 is 29.4 Å². The van der Waals surface area contributed by atoms with Crippen molar-refractivity contribution in [1.29, 1.82) is 0 Å². The normalized spacial score (nSPS) is 13.9. The van der Waals surface area contributed by atoms with Crippen molar-refractivity contribution in [2.24, 2.45) is 0 Å². The summed E-state index contributed by atoms with van der Waals surface area (Å²) in [7, 11) is 0. The molecule has 118 valence electrons. The molecule has 0 aliphatic heterocycles. The number of ether oxygens (including phenoxy) is 1. The maximum atomic E-state index is 12.9. The van der Waals surface area contributed by atoms with Crippen LogP contribution in [-0.4, -0.2) is 18.1 Å². The second-order valence-corrected chi connectivity index (χ2v) is 5.77. The Hall–Kier alpha value is -1.56. The van der Waals surface area contributed by atoms with Crippen molar-refractivity contribution < 1.29 is 22.7 Å². The Morgan fingerprint density at radius 2 is 1.81 bits per heavy atom. The van der Waals surface area contributed by atoms with Gasteiger partial charge in [-0.3, -0.25) is 4.79 Å². The Balaban J connectivity index is 2.73. The Labute approximate surface area is 122 Å². The lowest BCUT2D eigenvalue weighted by Crippen LogP contribution is -2.33. The van der Waals surface area contributed by atoms with Crippen LogP contribution in [0.15, 0.2) is 24.3 Å². The molecule has 0 aliphatic rings. The molecule has 0 saturated heterocycles. The van der Waals surface area contributed by atoms with Crippen LogP contribution in [0.4, 0.5) is 13.2 Å². The quantitative estimate of drug-likeness (QED) is 0.862. The average molecular weight is 303 g/mol. The summed E-state index contributed by atoms with van der Waals surface area (Å²) in [5.74, 6) is -0.501. The molecule has 1 N–H and O–H groups in total. The van der Waals surface area contributed by atoms with Gasteiger partial charge in [-0.1, -0.05) is 18.2 Å². The molecule has 0 aliphatic carbocycles.